The van der Waals surface area contributed by atoms with Gasteiger partial charge in [0.25, 0.3) is 0 Å². The molecule has 0 heterocycles. The van der Waals surface area contributed by atoms with Gasteiger partial charge >= 0.3 is 0 Å². The highest BCUT2D eigenvalue weighted by atomic mass is 79.9. The van der Waals surface area contributed by atoms with Gasteiger partial charge in [-0.15, -0.1) is 0 Å². The van der Waals surface area contributed by atoms with Crippen LogP contribution >= 0.6 is 15.9 Å². The number of methoxy groups -OCH3 is 1. The van der Waals surface area contributed by atoms with E-state index in [1.54, 1.807) is 0 Å². The van der Waals surface area contributed by atoms with Crippen molar-refractivity contribution in [2.75, 3.05) is 7.11 Å². The fourth-order valence-corrected chi connectivity index (χ4v) is 1.35. The zero-order valence-corrected chi connectivity index (χ0v) is 8.19. The van der Waals surface area contributed by atoms with Crippen molar-refractivity contribution in [2.45, 2.75) is 0 Å². The number of aldehydes is 1. The molecule has 0 radical (unpaired) electrons. The van der Waals surface area contributed by atoms with Crippen molar-refractivity contribution in [2.24, 2.45) is 0 Å². The SMILES string of the molecule is COc1c(F)cc(Br)c(C=O)c1F. The van der Waals surface area contributed by atoms with Crippen LogP contribution in [0.5, 0.6) is 5.75 Å². The fraction of sp³-hybridized carbons (Fsp3) is 0.125. The summed E-state index contributed by atoms with van der Waals surface area (Å²) in [6, 6.07) is 0.978. The van der Waals surface area contributed by atoms with E-state index in [1.165, 1.54) is 0 Å². The summed E-state index contributed by atoms with van der Waals surface area (Å²) in [5.41, 5.74) is -0.252. The van der Waals surface area contributed by atoms with E-state index in [1.807, 2.05) is 0 Å². The number of carbonyl (C=O) groups is 1. The van der Waals surface area contributed by atoms with Crippen molar-refractivity contribution < 1.29 is 18.3 Å². The van der Waals surface area contributed by atoms with Crippen LogP contribution in [-0.2, 0) is 0 Å². The smallest absolute Gasteiger partial charge is 0.191 e. The lowest BCUT2D eigenvalue weighted by Gasteiger charge is -2.06. The molecule has 1 rings (SSSR count). The molecule has 0 saturated heterocycles. The summed E-state index contributed by atoms with van der Waals surface area (Å²) in [7, 11) is 1.13. The van der Waals surface area contributed by atoms with E-state index in [-0.39, 0.29) is 10.0 Å². The van der Waals surface area contributed by atoms with Gasteiger partial charge in [-0.25, -0.2) is 8.78 Å². The molecule has 0 spiro atoms. The molecule has 0 bridgehead atoms. The van der Waals surface area contributed by atoms with Crippen molar-refractivity contribution in [3.8, 4) is 5.75 Å². The molecule has 0 aliphatic heterocycles. The highest BCUT2D eigenvalue weighted by molar-refractivity contribution is 9.10. The van der Waals surface area contributed by atoms with E-state index < -0.39 is 17.4 Å². The van der Waals surface area contributed by atoms with Crippen LogP contribution in [0.25, 0.3) is 0 Å². The van der Waals surface area contributed by atoms with E-state index in [9.17, 15) is 13.6 Å². The summed E-state index contributed by atoms with van der Waals surface area (Å²) in [4.78, 5) is 10.4. The second-order valence-electron chi connectivity index (χ2n) is 2.22. The Labute approximate surface area is 81.6 Å². The van der Waals surface area contributed by atoms with Crippen LogP contribution < -0.4 is 4.74 Å². The molecule has 0 amide bonds. The van der Waals surface area contributed by atoms with Gasteiger partial charge in [0.05, 0.1) is 12.7 Å². The third-order valence-electron chi connectivity index (χ3n) is 1.49. The molecule has 0 fully saturated rings. The molecule has 0 N–H and O–H groups in total. The molecule has 70 valence electrons. The number of hydrogen-bond donors (Lipinski definition) is 0. The lowest BCUT2D eigenvalue weighted by molar-refractivity contribution is 0.111. The molecule has 0 saturated carbocycles. The standard InChI is InChI=1S/C8H5BrF2O2/c1-13-8-6(10)2-5(9)4(3-12)7(8)11/h2-3H,1H3. The van der Waals surface area contributed by atoms with Gasteiger partial charge in [-0.05, 0) is 22.0 Å². The van der Waals surface area contributed by atoms with Gasteiger partial charge in [0.15, 0.2) is 23.7 Å². The van der Waals surface area contributed by atoms with Crippen LogP contribution in [0.15, 0.2) is 10.5 Å². The summed E-state index contributed by atoms with van der Waals surface area (Å²) in [6.45, 7) is 0. The molecule has 2 nitrogen and oxygen atoms in total. The van der Waals surface area contributed by atoms with Crippen molar-refractivity contribution in [1.29, 1.82) is 0 Å². The quantitative estimate of drug-likeness (QED) is 0.755. The first-order valence-corrected chi connectivity index (χ1v) is 4.07. The van der Waals surface area contributed by atoms with E-state index >= 15 is 0 Å². The summed E-state index contributed by atoms with van der Waals surface area (Å²) in [5.74, 6) is -2.40. The summed E-state index contributed by atoms with van der Waals surface area (Å²) in [6.07, 6.45) is 0.293. The largest absolute Gasteiger partial charge is 0.491 e. The van der Waals surface area contributed by atoms with Gasteiger partial charge in [0.1, 0.15) is 0 Å². The van der Waals surface area contributed by atoms with Gasteiger partial charge in [-0.1, -0.05) is 0 Å². The number of hydrogen-bond acceptors (Lipinski definition) is 2. The van der Waals surface area contributed by atoms with Crippen molar-refractivity contribution in [1.82, 2.24) is 0 Å². The molecule has 0 unspecified atom stereocenters. The molecule has 0 aromatic heterocycles. The zero-order valence-electron chi connectivity index (χ0n) is 6.61. The Kier molecular flexibility index (Phi) is 2.98. The van der Waals surface area contributed by atoms with E-state index in [0.717, 1.165) is 13.2 Å². The molecular weight excluding hydrogens is 246 g/mol. The van der Waals surface area contributed by atoms with Crippen LogP contribution in [0.1, 0.15) is 10.4 Å². The van der Waals surface area contributed by atoms with Crippen LogP contribution in [0.4, 0.5) is 8.78 Å². The van der Waals surface area contributed by atoms with E-state index in [0.29, 0.717) is 6.29 Å². The van der Waals surface area contributed by atoms with Crippen molar-refractivity contribution >= 4 is 22.2 Å². The number of ether oxygens (including phenoxy) is 1. The molecule has 0 atom stereocenters. The van der Waals surface area contributed by atoms with Gasteiger partial charge < -0.3 is 4.74 Å². The topological polar surface area (TPSA) is 26.3 Å². The molecule has 5 heteroatoms. The second kappa shape index (κ2) is 3.83. The third-order valence-corrected chi connectivity index (χ3v) is 2.14. The molecule has 0 aliphatic rings. The predicted octanol–water partition coefficient (Wildman–Crippen LogP) is 2.55. The Bertz CT molecular complexity index is 352. The van der Waals surface area contributed by atoms with Crippen LogP contribution in [0, 0.1) is 11.6 Å². The maximum Gasteiger partial charge on any atom is 0.191 e. The molecule has 0 aliphatic carbocycles. The van der Waals surface area contributed by atoms with Gasteiger partial charge in [-0.3, -0.25) is 4.79 Å². The predicted molar refractivity (Wildman–Crippen MR) is 46.0 cm³/mol. The maximum atomic E-state index is 13.2. The average molecular weight is 251 g/mol. The zero-order chi connectivity index (χ0) is 10.0. The Morgan fingerprint density at radius 3 is 2.62 bits per heavy atom. The first kappa shape index (κ1) is 10.1. The minimum absolute atomic E-state index is 0.0679. The normalized spacial score (nSPS) is 9.85. The summed E-state index contributed by atoms with van der Waals surface area (Å²) < 4.78 is 30.6. The van der Waals surface area contributed by atoms with Gasteiger partial charge in [-0.2, -0.15) is 0 Å². The third kappa shape index (κ3) is 1.70. The first-order chi connectivity index (χ1) is 6.11. The molecule has 13 heavy (non-hydrogen) atoms. The molecular formula is C8H5BrF2O2. The maximum absolute atomic E-state index is 13.2. The van der Waals surface area contributed by atoms with E-state index in [2.05, 4.69) is 20.7 Å². The molecule has 1 aromatic rings. The number of benzene rings is 1. The summed E-state index contributed by atoms with van der Waals surface area (Å²) >= 11 is 2.85. The Balaban J connectivity index is 3.47. The fourth-order valence-electron chi connectivity index (χ4n) is 0.882. The monoisotopic (exact) mass is 250 g/mol. The number of carbonyl (C=O) groups excluding carboxylic acids is 1. The van der Waals surface area contributed by atoms with Crippen LogP contribution in [0.3, 0.4) is 0 Å². The van der Waals surface area contributed by atoms with Crippen LogP contribution in [0.2, 0.25) is 0 Å². The molecule has 1 aromatic carbocycles. The van der Waals surface area contributed by atoms with Gasteiger partial charge in [0.2, 0.25) is 0 Å². The lowest BCUT2D eigenvalue weighted by atomic mass is 10.2. The average Bonchev–Trinajstić information content (AvgIpc) is 2.04. The second-order valence-corrected chi connectivity index (χ2v) is 3.07. The Morgan fingerprint density at radius 1 is 1.54 bits per heavy atom. The van der Waals surface area contributed by atoms with E-state index in [4.69, 9.17) is 0 Å². The van der Waals surface area contributed by atoms with Gasteiger partial charge in [0, 0.05) is 4.47 Å². The van der Waals surface area contributed by atoms with Crippen molar-refractivity contribution in [3.05, 3.63) is 27.7 Å². The van der Waals surface area contributed by atoms with Crippen LogP contribution in [-0.4, -0.2) is 13.4 Å². The highest BCUT2D eigenvalue weighted by Gasteiger charge is 2.17. The lowest BCUT2D eigenvalue weighted by Crippen LogP contribution is -1.98. The Morgan fingerprint density at radius 2 is 2.15 bits per heavy atom. The van der Waals surface area contributed by atoms with Crippen molar-refractivity contribution in [3.63, 3.8) is 0 Å². The first-order valence-electron chi connectivity index (χ1n) is 3.28. The highest BCUT2D eigenvalue weighted by Crippen LogP contribution is 2.29. The summed E-state index contributed by atoms with van der Waals surface area (Å²) in [5, 5.41) is 0. The number of halogens is 3. The number of rotatable bonds is 2. The minimum Gasteiger partial charge on any atom is -0.491 e. The minimum atomic E-state index is -0.996. The Hall–Kier alpha value is -0.970.